The molecular weight excluding hydrogens is 460 g/mol. The number of nitrogens with one attached hydrogen (secondary N) is 1. The molecule has 1 aromatic heterocycles. The molecule has 1 aliphatic carbocycles. The number of carbonyl (C=O) groups is 1. The lowest BCUT2D eigenvalue weighted by Gasteiger charge is -2.17. The summed E-state index contributed by atoms with van der Waals surface area (Å²) in [5.41, 5.74) is 4.33. The summed E-state index contributed by atoms with van der Waals surface area (Å²) in [5, 5.41) is 9.29. The summed E-state index contributed by atoms with van der Waals surface area (Å²) in [6.07, 6.45) is 13.2. The normalized spacial score (nSPS) is 18.5. The van der Waals surface area contributed by atoms with Crippen LogP contribution in [0.4, 0.5) is 5.69 Å². The van der Waals surface area contributed by atoms with Crippen molar-refractivity contribution < 1.29 is 4.79 Å². The van der Waals surface area contributed by atoms with Crippen LogP contribution in [0.3, 0.4) is 0 Å². The fraction of sp³-hybridized carbons (Fsp3) is 0.107. The van der Waals surface area contributed by atoms with Crippen LogP contribution in [0.25, 0.3) is 11.8 Å². The second-order valence-corrected chi connectivity index (χ2v) is 8.62. The number of hydrogen-bond acceptors (Lipinski definition) is 3. The van der Waals surface area contributed by atoms with E-state index in [0.717, 1.165) is 41.8 Å². The number of H-pyrrole nitrogens is 1. The van der Waals surface area contributed by atoms with Gasteiger partial charge in [0.1, 0.15) is 0 Å². The number of hydrogen-bond donors (Lipinski definition) is 1. The van der Waals surface area contributed by atoms with E-state index in [1.54, 1.807) is 18.5 Å². The van der Waals surface area contributed by atoms with Gasteiger partial charge in [0.15, 0.2) is 0 Å². The van der Waals surface area contributed by atoms with Crippen molar-refractivity contribution in [3.05, 3.63) is 123 Å². The van der Waals surface area contributed by atoms with Crippen LogP contribution in [-0.2, 0) is 4.79 Å². The number of halogens is 1. The highest BCUT2D eigenvalue weighted by Crippen LogP contribution is 2.34. The number of amides is 1. The number of benzene rings is 2. The lowest BCUT2D eigenvalue weighted by atomic mass is 9.93. The molecule has 0 atom stereocenters. The summed E-state index contributed by atoms with van der Waals surface area (Å²) in [4.78, 5) is 25.5. The smallest absolute Gasteiger partial charge is 0.280 e. The first kappa shape index (κ1) is 22.6. The average molecular weight is 483 g/mol. The van der Waals surface area contributed by atoms with Gasteiger partial charge in [-0.3, -0.25) is 14.7 Å². The first-order valence-corrected chi connectivity index (χ1v) is 11.8. The second-order valence-electron chi connectivity index (χ2n) is 8.25. The summed E-state index contributed by atoms with van der Waals surface area (Å²) in [6, 6.07) is 18.7. The zero-order valence-electron chi connectivity index (χ0n) is 18.9. The fourth-order valence-electron chi connectivity index (χ4n) is 4.12. The molecule has 2 heterocycles. The monoisotopic (exact) mass is 482 g/mol. The largest absolute Gasteiger partial charge is 0.298 e. The number of anilines is 1. The molecule has 35 heavy (non-hydrogen) atoms. The van der Waals surface area contributed by atoms with Crippen molar-refractivity contribution in [1.29, 1.82) is 0 Å². The fourth-order valence-corrected chi connectivity index (χ4v) is 4.42. The van der Waals surface area contributed by atoms with Crippen molar-refractivity contribution in [1.82, 2.24) is 9.78 Å². The van der Waals surface area contributed by atoms with Crippen LogP contribution in [0.1, 0.15) is 24.8 Å². The van der Waals surface area contributed by atoms with E-state index in [0.29, 0.717) is 16.2 Å². The molecular formula is C28H23ClN4O2. The van der Waals surface area contributed by atoms with Crippen molar-refractivity contribution in [2.24, 2.45) is 5.10 Å². The highest BCUT2D eigenvalue weighted by Gasteiger charge is 2.25. The van der Waals surface area contributed by atoms with Gasteiger partial charge in [0.25, 0.3) is 11.5 Å². The maximum Gasteiger partial charge on any atom is 0.280 e. The van der Waals surface area contributed by atoms with E-state index >= 15 is 0 Å². The molecule has 6 nitrogen and oxygen atoms in total. The zero-order chi connectivity index (χ0) is 24.2. The quantitative estimate of drug-likeness (QED) is 0.471. The second kappa shape index (κ2) is 9.99. The van der Waals surface area contributed by atoms with Gasteiger partial charge in [0.05, 0.1) is 28.7 Å². The number of allylic oxidation sites excluding steroid dienone is 6. The van der Waals surface area contributed by atoms with Crippen molar-refractivity contribution in [3.63, 3.8) is 0 Å². The Balaban J connectivity index is 1.34. The van der Waals surface area contributed by atoms with Crippen molar-refractivity contribution in [3.8, 4) is 5.69 Å². The summed E-state index contributed by atoms with van der Waals surface area (Å²) in [6.45, 7) is 0. The number of para-hydroxylation sites is 2. The summed E-state index contributed by atoms with van der Waals surface area (Å²) < 4.78 is 1.50. The van der Waals surface area contributed by atoms with Gasteiger partial charge in [-0.2, -0.15) is 10.1 Å². The number of hydrazone groups is 1. The number of carbonyl (C=O) groups excluding carboxylic acids is 1. The Labute approximate surface area is 207 Å². The topological polar surface area (TPSA) is 70.5 Å². The Bertz CT molecular complexity index is 1460. The van der Waals surface area contributed by atoms with Crippen molar-refractivity contribution >= 4 is 35.5 Å². The first-order valence-electron chi connectivity index (χ1n) is 11.4. The molecule has 2 aliphatic rings. The van der Waals surface area contributed by atoms with Gasteiger partial charge < -0.3 is 0 Å². The third-order valence-electron chi connectivity index (χ3n) is 5.92. The van der Waals surface area contributed by atoms with Crippen LogP contribution in [0.2, 0.25) is 0 Å². The Kier molecular flexibility index (Phi) is 6.46. The highest BCUT2D eigenvalue weighted by molar-refractivity contribution is 6.33. The van der Waals surface area contributed by atoms with E-state index in [1.165, 1.54) is 9.69 Å². The molecule has 2 aromatic carbocycles. The molecule has 7 heteroatoms. The molecule has 1 aliphatic heterocycles. The third kappa shape index (κ3) is 4.74. The molecule has 0 unspecified atom stereocenters. The maximum atomic E-state index is 12.8. The van der Waals surface area contributed by atoms with E-state index in [9.17, 15) is 9.59 Å². The Morgan fingerprint density at radius 3 is 2.40 bits per heavy atom. The molecule has 3 aromatic rings. The van der Waals surface area contributed by atoms with Crippen LogP contribution in [0.5, 0.6) is 0 Å². The minimum absolute atomic E-state index is 0.122. The minimum atomic E-state index is -0.175. The number of aromatic nitrogens is 2. The molecule has 5 rings (SSSR count). The van der Waals surface area contributed by atoms with E-state index in [4.69, 9.17) is 11.6 Å². The van der Waals surface area contributed by atoms with Gasteiger partial charge in [0.2, 0.25) is 0 Å². The molecule has 0 fully saturated rings. The van der Waals surface area contributed by atoms with E-state index in [1.807, 2.05) is 78.9 Å². The number of nitrogens with zero attached hydrogens (tertiary/aromatic N) is 3. The molecule has 0 radical (unpaired) electrons. The molecule has 1 amide bonds. The van der Waals surface area contributed by atoms with Crippen molar-refractivity contribution in [2.75, 3.05) is 5.01 Å². The van der Waals surface area contributed by atoms with Crippen LogP contribution in [-0.4, -0.2) is 21.9 Å². The van der Waals surface area contributed by atoms with Gasteiger partial charge in [-0.1, -0.05) is 60.2 Å². The first-order chi connectivity index (χ1) is 17.1. The van der Waals surface area contributed by atoms with E-state index in [2.05, 4.69) is 10.2 Å². The molecule has 174 valence electrons. The van der Waals surface area contributed by atoms with Gasteiger partial charge in [-0.25, -0.2) is 4.68 Å². The van der Waals surface area contributed by atoms with Crippen LogP contribution < -0.4 is 10.6 Å². The highest BCUT2D eigenvalue weighted by atomic mass is 35.5. The van der Waals surface area contributed by atoms with Crippen LogP contribution >= 0.6 is 11.6 Å². The Morgan fingerprint density at radius 1 is 0.943 bits per heavy atom. The number of aromatic amines is 1. The Morgan fingerprint density at radius 2 is 1.66 bits per heavy atom. The molecule has 0 bridgehead atoms. The predicted octanol–water partition coefficient (Wildman–Crippen LogP) is 5.74. The molecule has 0 saturated carbocycles. The zero-order valence-corrected chi connectivity index (χ0v) is 19.7. The number of rotatable bonds is 5. The van der Waals surface area contributed by atoms with E-state index < -0.39 is 0 Å². The van der Waals surface area contributed by atoms with Crippen molar-refractivity contribution in [2.45, 2.75) is 19.3 Å². The van der Waals surface area contributed by atoms with Crippen LogP contribution in [0, 0.1) is 0 Å². The van der Waals surface area contributed by atoms with Gasteiger partial charge in [0, 0.05) is 11.2 Å². The lowest BCUT2D eigenvalue weighted by molar-refractivity contribution is -0.114. The van der Waals surface area contributed by atoms with Gasteiger partial charge in [-0.15, -0.1) is 0 Å². The summed E-state index contributed by atoms with van der Waals surface area (Å²) in [5.74, 6) is -0.175. The molecule has 1 N–H and O–H groups in total. The molecule has 0 spiro atoms. The summed E-state index contributed by atoms with van der Waals surface area (Å²) in [7, 11) is 0. The molecule has 0 saturated heterocycles. The Hall–Kier alpha value is -4.16. The van der Waals surface area contributed by atoms with Gasteiger partial charge in [-0.05, 0) is 66.8 Å². The predicted molar refractivity (Wildman–Crippen MR) is 141 cm³/mol. The third-order valence-corrected chi connectivity index (χ3v) is 6.41. The lowest BCUT2D eigenvalue weighted by Crippen LogP contribution is -2.21. The van der Waals surface area contributed by atoms with E-state index in [-0.39, 0.29) is 11.5 Å². The minimum Gasteiger partial charge on any atom is -0.298 e. The average Bonchev–Trinajstić information content (AvgIpc) is 3.44. The van der Waals surface area contributed by atoms with Gasteiger partial charge >= 0.3 is 0 Å². The summed E-state index contributed by atoms with van der Waals surface area (Å²) >= 11 is 6.72. The van der Waals surface area contributed by atoms with Crippen LogP contribution in [0.15, 0.2) is 117 Å². The standard InChI is InChI=1S/C28H23ClN4O2/c29-26-20(10-8-12-22-18-30-32(27(22)34)24-13-3-1-4-14-24)9-7-11-21(26)17-23-19-31-33(28(23)35)25-15-5-2-6-16-25/h1-6,8,10,12-19,30H,7,9,11H2/b12-8+,20-10-,23-17+. The SMILES string of the molecule is O=C1/C(=C/C2=C(Cl)C(=C\C=C\c3c[nH]n(-c4ccccc4)c3=O)/CCC2)C=NN1c1ccccc1. The maximum absolute atomic E-state index is 12.8.